The van der Waals surface area contributed by atoms with Crippen molar-refractivity contribution < 1.29 is 5.11 Å². The lowest BCUT2D eigenvalue weighted by molar-refractivity contribution is -0.0302. The van der Waals surface area contributed by atoms with Gasteiger partial charge < -0.3 is 15.7 Å². The molecule has 0 radical (unpaired) electrons. The molecular formula is C14H22N2O. The standard InChI is InChI=1S/C14H22N2O/c1-14(17,11-6-8-16(2)9-7-11)12-4-3-5-13(15)10-12/h3-5,10-11,17H,6-9,15H2,1-2H3. The van der Waals surface area contributed by atoms with Gasteiger partial charge in [-0.1, -0.05) is 12.1 Å². The molecule has 1 unspecified atom stereocenters. The van der Waals surface area contributed by atoms with Gasteiger partial charge in [0.25, 0.3) is 0 Å². The SMILES string of the molecule is CN1CCC(C(C)(O)c2cccc(N)c2)CC1. The molecular weight excluding hydrogens is 212 g/mol. The molecule has 2 rings (SSSR count). The zero-order valence-electron chi connectivity index (χ0n) is 10.7. The number of hydrogen-bond acceptors (Lipinski definition) is 3. The molecule has 3 heteroatoms. The number of benzene rings is 1. The van der Waals surface area contributed by atoms with Crippen LogP contribution in [0.5, 0.6) is 0 Å². The van der Waals surface area contributed by atoms with Crippen LogP contribution in [0.25, 0.3) is 0 Å². The summed E-state index contributed by atoms with van der Waals surface area (Å²) >= 11 is 0. The summed E-state index contributed by atoms with van der Waals surface area (Å²) in [7, 11) is 2.13. The normalized spacial score (nSPS) is 22.3. The molecule has 0 aliphatic carbocycles. The number of rotatable bonds is 2. The smallest absolute Gasteiger partial charge is 0.0898 e. The van der Waals surface area contributed by atoms with E-state index in [-0.39, 0.29) is 0 Å². The van der Waals surface area contributed by atoms with Gasteiger partial charge in [-0.3, -0.25) is 0 Å². The van der Waals surface area contributed by atoms with Crippen molar-refractivity contribution in [2.24, 2.45) is 5.92 Å². The van der Waals surface area contributed by atoms with Crippen LogP contribution in [0.4, 0.5) is 5.69 Å². The molecule has 3 nitrogen and oxygen atoms in total. The van der Waals surface area contributed by atoms with Crippen LogP contribution in [0.3, 0.4) is 0 Å². The van der Waals surface area contributed by atoms with Crippen molar-refractivity contribution in [1.82, 2.24) is 4.90 Å². The van der Waals surface area contributed by atoms with Crippen molar-refractivity contribution in [2.45, 2.75) is 25.4 Å². The van der Waals surface area contributed by atoms with Crippen molar-refractivity contribution in [3.63, 3.8) is 0 Å². The first-order chi connectivity index (χ1) is 8.00. The number of nitrogens with two attached hydrogens (primary N) is 1. The maximum absolute atomic E-state index is 10.7. The Morgan fingerprint density at radius 3 is 2.59 bits per heavy atom. The molecule has 1 atom stereocenters. The van der Waals surface area contributed by atoms with E-state index >= 15 is 0 Å². The van der Waals surface area contributed by atoms with Gasteiger partial charge in [-0.2, -0.15) is 0 Å². The molecule has 1 saturated heterocycles. The van der Waals surface area contributed by atoms with Crippen molar-refractivity contribution in [3.05, 3.63) is 29.8 Å². The molecule has 0 bridgehead atoms. The molecule has 1 aliphatic heterocycles. The molecule has 0 amide bonds. The van der Waals surface area contributed by atoms with Crippen LogP contribution < -0.4 is 5.73 Å². The van der Waals surface area contributed by atoms with Crippen molar-refractivity contribution in [1.29, 1.82) is 0 Å². The Hall–Kier alpha value is -1.06. The van der Waals surface area contributed by atoms with Crippen molar-refractivity contribution in [2.75, 3.05) is 25.9 Å². The largest absolute Gasteiger partial charge is 0.399 e. The molecule has 1 aromatic rings. The second kappa shape index (κ2) is 4.67. The number of anilines is 1. The Kier molecular flexibility index (Phi) is 3.40. The summed E-state index contributed by atoms with van der Waals surface area (Å²) in [5.41, 5.74) is 6.68. The highest BCUT2D eigenvalue weighted by Crippen LogP contribution is 2.36. The molecule has 1 aliphatic rings. The third-order valence-corrected chi connectivity index (χ3v) is 3.98. The minimum Gasteiger partial charge on any atom is -0.399 e. The molecule has 1 fully saturated rings. The summed E-state index contributed by atoms with van der Waals surface area (Å²) in [6.45, 7) is 4.03. The fraction of sp³-hybridized carbons (Fsp3) is 0.571. The van der Waals surface area contributed by atoms with E-state index < -0.39 is 5.60 Å². The zero-order valence-corrected chi connectivity index (χ0v) is 10.7. The van der Waals surface area contributed by atoms with Crippen molar-refractivity contribution >= 4 is 5.69 Å². The van der Waals surface area contributed by atoms with Gasteiger partial charge in [0.1, 0.15) is 0 Å². The predicted molar refractivity (Wildman–Crippen MR) is 70.6 cm³/mol. The fourth-order valence-corrected chi connectivity index (χ4v) is 2.66. The van der Waals surface area contributed by atoms with Gasteiger partial charge in [0, 0.05) is 5.69 Å². The monoisotopic (exact) mass is 234 g/mol. The molecule has 0 saturated carbocycles. The molecule has 1 heterocycles. The average molecular weight is 234 g/mol. The van der Waals surface area contributed by atoms with E-state index in [9.17, 15) is 5.11 Å². The lowest BCUT2D eigenvalue weighted by Crippen LogP contribution is -2.40. The quantitative estimate of drug-likeness (QED) is 0.767. The maximum Gasteiger partial charge on any atom is 0.0898 e. The Bertz CT molecular complexity index is 382. The minimum absolute atomic E-state index is 0.320. The number of hydrogen-bond donors (Lipinski definition) is 2. The Balaban J connectivity index is 2.18. The van der Waals surface area contributed by atoms with Crippen LogP contribution in [0.15, 0.2) is 24.3 Å². The topological polar surface area (TPSA) is 49.5 Å². The van der Waals surface area contributed by atoms with E-state index in [1.54, 1.807) is 0 Å². The van der Waals surface area contributed by atoms with Gasteiger partial charge in [0.15, 0.2) is 0 Å². The minimum atomic E-state index is -0.767. The summed E-state index contributed by atoms with van der Waals surface area (Å²) in [4.78, 5) is 2.31. The summed E-state index contributed by atoms with van der Waals surface area (Å²) in [6, 6.07) is 7.62. The van der Waals surface area contributed by atoms with Gasteiger partial charge in [-0.15, -0.1) is 0 Å². The van der Waals surface area contributed by atoms with E-state index in [1.165, 1.54) is 0 Å². The van der Waals surface area contributed by atoms with Gasteiger partial charge in [0.05, 0.1) is 5.60 Å². The van der Waals surface area contributed by atoms with Gasteiger partial charge in [-0.05, 0) is 63.5 Å². The lowest BCUT2D eigenvalue weighted by Gasteiger charge is -2.38. The Morgan fingerprint density at radius 2 is 2.00 bits per heavy atom. The Labute approximate surface area is 103 Å². The highest BCUT2D eigenvalue weighted by atomic mass is 16.3. The van der Waals surface area contributed by atoms with Crippen LogP contribution in [0.1, 0.15) is 25.3 Å². The molecule has 0 spiro atoms. The van der Waals surface area contributed by atoms with Crippen LogP contribution in [-0.4, -0.2) is 30.1 Å². The predicted octanol–water partition coefficient (Wildman–Crippen LogP) is 1.82. The van der Waals surface area contributed by atoms with Crippen molar-refractivity contribution in [3.8, 4) is 0 Å². The van der Waals surface area contributed by atoms with Gasteiger partial charge in [0.2, 0.25) is 0 Å². The number of likely N-dealkylation sites (tertiary alicyclic amines) is 1. The first-order valence-corrected chi connectivity index (χ1v) is 6.27. The number of nitrogens with zero attached hydrogens (tertiary/aromatic N) is 1. The van der Waals surface area contributed by atoms with E-state index in [1.807, 2.05) is 31.2 Å². The summed E-state index contributed by atoms with van der Waals surface area (Å²) < 4.78 is 0. The molecule has 3 N–H and O–H groups in total. The third-order valence-electron chi connectivity index (χ3n) is 3.98. The van der Waals surface area contributed by atoms with E-state index in [0.717, 1.165) is 37.2 Å². The van der Waals surface area contributed by atoms with Crippen LogP contribution >= 0.6 is 0 Å². The van der Waals surface area contributed by atoms with Crippen LogP contribution in [0.2, 0.25) is 0 Å². The number of piperidine rings is 1. The van der Waals surface area contributed by atoms with Gasteiger partial charge >= 0.3 is 0 Å². The summed E-state index contributed by atoms with van der Waals surface area (Å²) in [5, 5.41) is 10.7. The first kappa shape index (κ1) is 12.4. The highest BCUT2D eigenvalue weighted by Gasteiger charge is 2.35. The molecule has 0 aromatic heterocycles. The average Bonchev–Trinajstić information content (AvgIpc) is 2.29. The van der Waals surface area contributed by atoms with E-state index in [2.05, 4.69) is 11.9 Å². The second-order valence-electron chi connectivity index (χ2n) is 5.35. The highest BCUT2D eigenvalue weighted by molar-refractivity contribution is 5.42. The number of nitrogen functional groups attached to an aromatic ring is 1. The fourth-order valence-electron chi connectivity index (χ4n) is 2.66. The third kappa shape index (κ3) is 2.61. The maximum atomic E-state index is 10.7. The van der Waals surface area contributed by atoms with Crippen LogP contribution in [-0.2, 0) is 5.60 Å². The summed E-state index contributed by atoms with van der Waals surface area (Å²) in [6.07, 6.45) is 2.08. The molecule has 1 aromatic carbocycles. The number of aliphatic hydroxyl groups is 1. The lowest BCUT2D eigenvalue weighted by atomic mass is 9.77. The zero-order chi connectivity index (χ0) is 12.5. The Morgan fingerprint density at radius 1 is 1.35 bits per heavy atom. The van der Waals surface area contributed by atoms with Gasteiger partial charge in [-0.25, -0.2) is 0 Å². The molecule has 17 heavy (non-hydrogen) atoms. The summed E-state index contributed by atoms with van der Waals surface area (Å²) in [5.74, 6) is 0.320. The van der Waals surface area contributed by atoms with Crippen LogP contribution in [0, 0.1) is 5.92 Å². The van der Waals surface area contributed by atoms with E-state index in [4.69, 9.17) is 5.73 Å². The molecule has 94 valence electrons. The van der Waals surface area contributed by atoms with E-state index in [0.29, 0.717) is 5.92 Å². The first-order valence-electron chi connectivity index (χ1n) is 6.27. The second-order valence-corrected chi connectivity index (χ2v) is 5.35.